The van der Waals surface area contributed by atoms with Crippen molar-refractivity contribution < 1.29 is 18.0 Å². The highest BCUT2D eigenvalue weighted by atomic mass is 19.4. The van der Waals surface area contributed by atoms with Gasteiger partial charge >= 0.3 is 6.18 Å². The number of hydrogen-bond acceptors (Lipinski definition) is 3. The first-order chi connectivity index (χ1) is 14.2. The largest absolute Gasteiger partial charge is 0.416 e. The average Bonchev–Trinajstić information content (AvgIpc) is 3.13. The molecule has 0 N–H and O–H groups in total. The van der Waals surface area contributed by atoms with Crippen LogP contribution in [0.1, 0.15) is 27.0 Å². The Kier molecular flexibility index (Phi) is 4.77. The summed E-state index contributed by atoms with van der Waals surface area (Å²) in [6.45, 7) is 0.479. The molecule has 152 valence electrons. The van der Waals surface area contributed by atoms with E-state index in [1.807, 2.05) is 4.57 Å². The quantitative estimate of drug-likeness (QED) is 0.477. The summed E-state index contributed by atoms with van der Waals surface area (Å²) in [6, 6.07) is 12.7. The van der Waals surface area contributed by atoms with Crippen molar-refractivity contribution >= 4 is 16.7 Å². The lowest BCUT2D eigenvalue weighted by Crippen LogP contribution is -2.18. The zero-order valence-electron chi connectivity index (χ0n) is 15.8. The first-order valence-electron chi connectivity index (χ1n) is 9.06. The van der Waals surface area contributed by atoms with Crippen molar-refractivity contribution in [1.82, 2.24) is 14.3 Å². The molecule has 4 aromatic rings. The lowest BCUT2D eigenvalue weighted by molar-refractivity contribution is -0.137. The Morgan fingerprint density at radius 2 is 1.57 bits per heavy atom. The smallest absolute Gasteiger partial charge is 0.342 e. The van der Waals surface area contributed by atoms with Crippen molar-refractivity contribution in [3.8, 4) is 0 Å². The molecule has 2 aromatic carbocycles. The van der Waals surface area contributed by atoms with E-state index in [2.05, 4.69) is 5.10 Å². The summed E-state index contributed by atoms with van der Waals surface area (Å²) in [5, 5.41) is 4.61. The van der Waals surface area contributed by atoms with Crippen LogP contribution in [0.15, 0.2) is 71.8 Å². The molecule has 0 atom stereocenters. The number of carbonyl (C=O) groups excluding carboxylic acids is 1. The number of nitrogens with zero attached hydrogens (tertiary/aromatic N) is 3. The highest BCUT2D eigenvalue weighted by molar-refractivity contribution is 6.09. The topological polar surface area (TPSA) is 56.9 Å². The molecule has 2 aromatic heterocycles. The van der Waals surface area contributed by atoms with Crippen LogP contribution >= 0.6 is 0 Å². The molecular formula is C22H16F3N3O2. The zero-order valence-corrected chi connectivity index (χ0v) is 15.8. The summed E-state index contributed by atoms with van der Waals surface area (Å²) in [5.74, 6) is -0.352. The van der Waals surface area contributed by atoms with Crippen LogP contribution in [0.4, 0.5) is 13.2 Å². The number of ketones is 1. The van der Waals surface area contributed by atoms with Gasteiger partial charge in [-0.15, -0.1) is 0 Å². The van der Waals surface area contributed by atoms with E-state index in [1.54, 1.807) is 49.8 Å². The Hall–Kier alpha value is -3.68. The van der Waals surface area contributed by atoms with Crippen LogP contribution in [-0.2, 0) is 19.8 Å². The van der Waals surface area contributed by atoms with E-state index in [0.717, 1.165) is 17.7 Å². The molecule has 0 spiro atoms. The van der Waals surface area contributed by atoms with Gasteiger partial charge in [0.15, 0.2) is 5.78 Å². The number of aryl methyl sites for hydroxylation is 1. The molecule has 30 heavy (non-hydrogen) atoms. The molecule has 8 heteroatoms. The molecule has 0 saturated heterocycles. The lowest BCUT2D eigenvalue weighted by Gasteiger charge is -2.08. The van der Waals surface area contributed by atoms with Crippen LogP contribution in [0.2, 0.25) is 0 Å². The molecule has 0 amide bonds. The molecule has 0 radical (unpaired) electrons. The number of aromatic nitrogens is 3. The molecule has 0 aliphatic carbocycles. The maximum absolute atomic E-state index is 12.7. The SMILES string of the molecule is Cn1ncc2c(ccn2Cc2ccc(C(=O)c3ccc(C(F)(F)F)cc3)cc2)c1=O. The van der Waals surface area contributed by atoms with Crippen molar-refractivity contribution in [3.63, 3.8) is 0 Å². The van der Waals surface area contributed by atoms with Gasteiger partial charge in [-0.25, -0.2) is 4.68 Å². The third-order valence-electron chi connectivity index (χ3n) is 4.93. The summed E-state index contributed by atoms with van der Waals surface area (Å²) < 4.78 is 41.2. The van der Waals surface area contributed by atoms with Gasteiger partial charge in [-0.1, -0.05) is 36.4 Å². The predicted octanol–water partition coefficient (Wildman–Crippen LogP) is 4.03. The Balaban J connectivity index is 1.54. The number of hydrogen-bond donors (Lipinski definition) is 0. The van der Waals surface area contributed by atoms with Gasteiger partial charge in [-0.2, -0.15) is 18.3 Å². The monoisotopic (exact) mass is 411 g/mol. The minimum atomic E-state index is -4.44. The van der Waals surface area contributed by atoms with Crippen molar-refractivity contribution in [2.24, 2.45) is 7.05 Å². The molecule has 0 aliphatic heterocycles. The van der Waals surface area contributed by atoms with Gasteiger partial charge in [0.1, 0.15) is 0 Å². The molecular weight excluding hydrogens is 395 g/mol. The summed E-state index contributed by atoms with van der Waals surface area (Å²) in [5.41, 5.74) is 1.21. The minimum absolute atomic E-state index is 0.177. The first kappa shape index (κ1) is 19.6. The van der Waals surface area contributed by atoms with E-state index in [4.69, 9.17) is 0 Å². The molecule has 0 aliphatic rings. The molecule has 4 rings (SSSR count). The maximum atomic E-state index is 12.7. The highest BCUT2D eigenvalue weighted by Crippen LogP contribution is 2.29. The molecule has 0 bridgehead atoms. The van der Waals surface area contributed by atoms with E-state index in [9.17, 15) is 22.8 Å². The van der Waals surface area contributed by atoms with Gasteiger partial charge in [0.2, 0.25) is 0 Å². The zero-order chi connectivity index (χ0) is 21.5. The van der Waals surface area contributed by atoms with Gasteiger partial charge in [-0.3, -0.25) is 9.59 Å². The van der Waals surface area contributed by atoms with E-state index in [1.165, 1.54) is 16.8 Å². The van der Waals surface area contributed by atoms with E-state index < -0.39 is 11.7 Å². The van der Waals surface area contributed by atoms with E-state index in [0.29, 0.717) is 23.0 Å². The number of carbonyl (C=O) groups is 1. The van der Waals surface area contributed by atoms with E-state index >= 15 is 0 Å². The summed E-state index contributed by atoms with van der Waals surface area (Å²) in [6.07, 6.45) is -1.01. The second-order valence-corrected chi connectivity index (χ2v) is 6.92. The fraction of sp³-hybridized carbons (Fsp3) is 0.136. The standard InChI is InChI=1S/C22H16F3N3O2/c1-27-21(30)18-10-11-28(19(18)12-26-27)13-14-2-4-15(5-3-14)20(29)16-6-8-17(9-7-16)22(23,24)25/h2-12H,13H2,1H3. The number of halogens is 3. The summed E-state index contributed by atoms with van der Waals surface area (Å²) in [4.78, 5) is 24.7. The first-order valence-corrected chi connectivity index (χ1v) is 9.06. The fourth-order valence-corrected chi connectivity index (χ4v) is 3.25. The van der Waals surface area contributed by atoms with Crippen molar-refractivity contribution in [3.05, 3.63) is 99.6 Å². The van der Waals surface area contributed by atoms with Gasteiger partial charge < -0.3 is 4.57 Å². The minimum Gasteiger partial charge on any atom is -0.342 e. The van der Waals surface area contributed by atoms with E-state index in [-0.39, 0.29) is 16.9 Å². The molecule has 0 unspecified atom stereocenters. The van der Waals surface area contributed by atoms with Gasteiger partial charge in [0, 0.05) is 30.9 Å². The van der Waals surface area contributed by atoms with Gasteiger partial charge in [-0.05, 0) is 23.8 Å². The number of benzene rings is 2. The second-order valence-electron chi connectivity index (χ2n) is 6.92. The molecule has 5 nitrogen and oxygen atoms in total. The Labute approximate surface area is 169 Å². The predicted molar refractivity (Wildman–Crippen MR) is 105 cm³/mol. The lowest BCUT2D eigenvalue weighted by atomic mass is 10.0. The normalized spacial score (nSPS) is 11.7. The maximum Gasteiger partial charge on any atom is 0.416 e. The summed E-state index contributed by atoms with van der Waals surface area (Å²) >= 11 is 0. The van der Waals surface area contributed by atoms with Crippen LogP contribution in [0, 0.1) is 0 Å². The molecule has 0 saturated carbocycles. The Bertz CT molecular complexity index is 1280. The van der Waals surface area contributed by atoms with Gasteiger partial charge in [0.05, 0.1) is 22.7 Å². The average molecular weight is 411 g/mol. The van der Waals surface area contributed by atoms with Crippen LogP contribution in [0.25, 0.3) is 10.9 Å². The second kappa shape index (κ2) is 7.29. The Morgan fingerprint density at radius 1 is 0.967 bits per heavy atom. The number of fused-ring (bicyclic) bond motifs is 1. The summed E-state index contributed by atoms with van der Waals surface area (Å²) in [7, 11) is 1.59. The third-order valence-corrected chi connectivity index (χ3v) is 4.93. The Morgan fingerprint density at radius 3 is 2.17 bits per heavy atom. The fourth-order valence-electron chi connectivity index (χ4n) is 3.25. The third kappa shape index (κ3) is 3.63. The number of rotatable bonds is 4. The van der Waals surface area contributed by atoms with Crippen molar-refractivity contribution in [2.45, 2.75) is 12.7 Å². The van der Waals surface area contributed by atoms with Crippen LogP contribution in [0.3, 0.4) is 0 Å². The van der Waals surface area contributed by atoms with Crippen LogP contribution < -0.4 is 5.56 Å². The molecule has 0 fully saturated rings. The highest BCUT2D eigenvalue weighted by Gasteiger charge is 2.30. The van der Waals surface area contributed by atoms with Crippen LogP contribution in [-0.4, -0.2) is 20.1 Å². The number of alkyl halides is 3. The molecule has 2 heterocycles. The van der Waals surface area contributed by atoms with Gasteiger partial charge in [0.25, 0.3) is 5.56 Å². The van der Waals surface area contributed by atoms with Crippen molar-refractivity contribution in [2.75, 3.05) is 0 Å². The van der Waals surface area contributed by atoms with Crippen molar-refractivity contribution in [1.29, 1.82) is 0 Å². The van der Waals surface area contributed by atoms with Crippen LogP contribution in [0.5, 0.6) is 0 Å².